The summed E-state index contributed by atoms with van der Waals surface area (Å²) in [6, 6.07) is 12.0. The summed E-state index contributed by atoms with van der Waals surface area (Å²) in [7, 11) is 0. The van der Waals surface area contributed by atoms with Crippen LogP contribution in [0.5, 0.6) is 5.75 Å². The first-order chi connectivity index (χ1) is 8.29. The van der Waals surface area contributed by atoms with E-state index in [-0.39, 0.29) is 0 Å². The molecule has 2 nitrogen and oxygen atoms in total. The third kappa shape index (κ3) is 3.30. The number of ether oxygens (including phenoxy) is 1. The van der Waals surface area contributed by atoms with Gasteiger partial charge in [0.1, 0.15) is 12.4 Å². The minimum atomic E-state index is 0.512. The van der Waals surface area contributed by atoms with E-state index in [4.69, 9.17) is 4.74 Å². The first kappa shape index (κ1) is 12.1. The summed E-state index contributed by atoms with van der Waals surface area (Å²) >= 11 is 3.43. The number of alkyl halides is 1. The second kappa shape index (κ2) is 5.82. The van der Waals surface area contributed by atoms with Gasteiger partial charge in [-0.25, -0.2) is 0 Å². The van der Waals surface area contributed by atoms with Gasteiger partial charge in [-0.05, 0) is 36.2 Å². The molecular formula is C14H14BrNO. The molecule has 88 valence electrons. The molecule has 2 rings (SSSR count). The van der Waals surface area contributed by atoms with Crippen molar-refractivity contribution >= 4 is 15.9 Å². The van der Waals surface area contributed by atoms with Gasteiger partial charge in [-0.2, -0.15) is 0 Å². The van der Waals surface area contributed by atoms with Gasteiger partial charge in [-0.3, -0.25) is 4.98 Å². The van der Waals surface area contributed by atoms with Gasteiger partial charge in [-0.15, -0.1) is 0 Å². The summed E-state index contributed by atoms with van der Waals surface area (Å²) in [6.45, 7) is 2.55. The average molecular weight is 292 g/mol. The van der Waals surface area contributed by atoms with Gasteiger partial charge < -0.3 is 4.74 Å². The summed E-state index contributed by atoms with van der Waals surface area (Å²) in [6.07, 6.45) is 1.79. The highest BCUT2D eigenvalue weighted by Crippen LogP contribution is 2.17. The number of halogens is 1. The highest BCUT2D eigenvalue weighted by molar-refractivity contribution is 9.08. The molecule has 0 fully saturated rings. The summed E-state index contributed by atoms with van der Waals surface area (Å²) < 4.78 is 5.73. The van der Waals surface area contributed by atoms with Gasteiger partial charge >= 0.3 is 0 Å². The van der Waals surface area contributed by atoms with Gasteiger partial charge in [-0.1, -0.05) is 34.1 Å². The van der Waals surface area contributed by atoms with Crippen LogP contribution in [0.2, 0.25) is 0 Å². The van der Waals surface area contributed by atoms with E-state index in [9.17, 15) is 0 Å². The molecule has 0 saturated heterocycles. The number of rotatable bonds is 4. The maximum Gasteiger partial charge on any atom is 0.130 e. The first-order valence-electron chi connectivity index (χ1n) is 5.48. The minimum absolute atomic E-state index is 0.512. The number of pyridine rings is 1. The zero-order valence-electron chi connectivity index (χ0n) is 9.69. The Bertz CT molecular complexity index is 499. The van der Waals surface area contributed by atoms with Crippen LogP contribution in [0.3, 0.4) is 0 Å². The Labute approximate surface area is 110 Å². The maximum absolute atomic E-state index is 5.73. The first-order valence-corrected chi connectivity index (χ1v) is 6.60. The molecule has 3 heteroatoms. The molecule has 0 aliphatic rings. The molecule has 2 aromatic rings. The summed E-state index contributed by atoms with van der Waals surface area (Å²) in [5.74, 6) is 0.881. The Morgan fingerprint density at radius 1 is 1.24 bits per heavy atom. The quantitative estimate of drug-likeness (QED) is 0.798. The van der Waals surface area contributed by atoms with Gasteiger partial charge in [0, 0.05) is 11.5 Å². The van der Waals surface area contributed by atoms with Crippen molar-refractivity contribution in [3.05, 3.63) is 59.4 Å². The van der Waals surface area contributed by atoms with Gasteiger partial charge in [0.05, 0.1) is 5.69 Å². The molecule has 17 heavy (non-hydrogen) atoms. The van der Waals surface area contributed by atoms with E-state index >= 15 is 0 Å². The van der Waals surface area contributed by atoms with Crippen molar-refractivity contribution in [1.82, 2.24) is 4.98 Å². The monoisotopic (exact) mass is 291 g/mol. The highest BCUT2D eigenvalue weighted by atomic mass is 79.9. The highest BCUT2D eigenvalue weighted by Gasteiger charge is 2.01. The Kier molecular flexibility index (Phi) is 4.15. The van der Waals surface area contributed by atoms with Crippen LogP contribution in [0.15, 0.2) is 42.6 Å². The van der Waals surface area contributed by atoms with E-state index in [0.29, 0.717) is 6.61 Å². The van der Waals surface area contributed by atoms with Crippen molar-refractivity contribution in [3.8, 4) is 5.75 Å². The minimum Gasteiger partial charge on any atom is -0.487 e. The van der Waals surface area contributed by atoms with E-state index in [2.05, 4.69) is 27.0 Å². The van der Waals surface area contributed by atoms with E-state index in [1.807, 2.05) is 37.3 Å². The summed E-state index contributed by atoms with van der Waals surface area (Å²) in [5, 5.41) is 0.840. The fraction of sp³-hybridized carbons (Fsp3) is 0.214. The normalized spacial score (nSPS) is 10.2. The molecule has 1 aromatic heterocycles. The predicted molar refractivity (Wildman–Crippen MR) is 72.4 cm³/mol. The van der Waals surface area contributed by atoms with Crippen molar-refractivity contribution in [1.29, 1.82) is 0 Å². The zero-order valence-corrected chi connectivity index (χ0v) is 11.3. The number of nitrogens with zero attached hydrogens (tertiary/aromatic N) is 1. The fourth-order valence-corrected chi connectivity index (χ4v) is 1.89. The maximum atomic E-state index is 5.73. The van der Waals surface area contributed by atoms with Crippen molar-refractivity contribution in [3.63, 3.8) is 0 Å². The van der Waals surface area contributed by atoms with Crippen LogP contribution in [0.4, 0.5) is 0 Å². The van der Waals surface area contributed by atoms with E-state index in [0.717, 1.165) is 22.3 Å². The average Bonchev–Trinajstić information content (AvgIpc) is 2.38. The Morgan fingerprint density at radius 3 is 2.88 bits per heavy atom. The number of hydrogen-bond acceptors (Lipinski definition) is 2. The van der Waals surface area contributed by atoms with Gasteiger partial charge in [0.25, 0.3) is 0 Å². The summed E-state index contributed by atoms with van der Waals surface area (Å²) in [5.41, 5.74) is 3.35. The number of aromatic nitrogens is 1. The lowest BCUT2D eigenvalue weighted by atomic mass is 10.2. The van der Waals surface area contributed by atoms with Gasteiger partial charge in [0.2, 0.25) is 0 Å². The molecule has 0 bridgehead atoms. The zero-order chi connectivity index (χ0) is 12.1. The molecule has 1 aromatic carbocycles. The van der Waals surface area contributed by atoms with Crippen LogP contribution >= 0.6 is 15.9 Å². The third-order valence-corrected chi connectivity index (χ3v) is 3.19. The molecule has 0 amide bonds. The fourth-order valence-electron chi connectivity index (χ4n) is 1.54. The smallest absolute Gasteiger partial charge is 0.130 e. The number of aryl methyl sites for hydroxylation is 1. The van der Waals surface area contributed by atoms with Gasteiger partial charge in [0.15, 0.2) is 0 Å². The molecule has 0 spiro atoms. The predicted octanol–water partition coefficient (Wildman–Crippen LogP) is 3.86. The van der Waals surface area contributed by atoms with Crippen LogP contribution in [0.1, 0.15) is 16.8 Å². The number of benzene rings is 1. The molecule has 0 unspecified atom stereocenters. The molecule has 1 heterocycles. The molecule has 0 N–H and O–H groups in total. The molecule has 0 atom stereocenters. The molecule has 0 radical (unpaired) electrons. The van der Waals surface area contributed by atoms with Crippen molar-refractivity contribution < 1.29 is 4.74 Å². The van der Waals surface area contributed by atoms with Crippen LogP contribution in [-0.4, -0.2) is 4.98 Å². The van der Waals surface area contributed by atoms with Crippen LogP contribution < -0.4 is 4.74 Å². The standard InChI is InChI=1S/C14H14BrNO/c1-11-4-3-7-16-14(11)10-17-13-6-2-5-12(8-13)9-15/h2-8H,9-10H2,1H3. The second-order valence-corrected chi connectivity index (χ2v) is 4.40. The SMILES string of the molecule is Cc1cccnc1COc1cccc(CBr)c1. The third-order valence-electron chi connectivity index (χ3n) is 2.55. The van der Waals surface area contributed by atoms with E-state index < -0.39 is 0 Å². The van der Waals surface area contributed by atoms with Crippen molar-refractivity contribution in [2.75, 3.05) is 0 Å². The lowest BCUT2D eigenvalue weighted by Crippen LogP contribution is -2.00. The van der Waals surface area contributed by atoms with Crippen LogP contribution in [0.25, 0.3) is 0 Å². The molecular weight excluding hydrogens is 278 g/mol. The van der Waals surface area contributed by atoms with E-state index in [1.165, 1.54) is 5.56 Å². The van der Waals surface area contributed by atoms with Crippen LogP contribution in [0, 0.1) is 6.92 Å². The Balaban J connectivity index is 2.05. The largest absolute Gasteiger partial charge is 0.487 e. The van der Waals surface area contributed by atoms with E-state index in [1.54, 1.807) is 6.20 Å². The van der Waals surface area contributed by atoms with Crippen molar-refractivity contribution in [2.24, 2.45) is 0 Å². The second-order valence-electron chi connectivity index (χ2n) is 3.84. The summed E-state index contributed by atoms with van der Waals surface area (Å²) in [4.78, 5) is 4.30. The lowest BCUT2D eigenvalue weighted by Gasteiger charge is -2.08. The molecule has 0 saturated carbocycles. The molecule has 0 aliphatic carbocycles. The molecule has 0 aliphatic heterocycles. The number of hydrogen-bond donors (Lipinski definition) is 0. The Morgan fingerprint density at radius 2 is 2.12 bits per heavy atom. The topological polar surface area (TPSA) is 22.1 Å². The van der Waals surface area contributed by atoms with Crippen molar-refractivity contribution in [2.45, 2.75) is 18.9 Å². The lowest BCUT2D eigenvalue weighted by molar-refractivity contribution is 0.300. The van der Waals surface area contributed by atoms with Crippen LogP contribution in [-0.2, 0) is 11.9 Å². The Hall–Kier alpha value is -1.35.